The van der Waals surface area contributed by atoms with Crippen molar-refractivity contribution in [3.05, 3.63) is 0 Å². The van der Waals surface area contributed by atoms with Gasteiger partial charge in [0.2, 0.25) is 0 Å². The molecular formula is C11H24N2O2. The van der Waals surface area contributed by atoms with E-state index >= 15 is 0 Å². The molecule has 0 aliphatic heterocycles. The predicted molar refractivity (Wildman–Crippen MR) is 61.8 cm³/mol. The van der Waals surface area contributed by atoms with Crippen LogP contribution in [0.3, 0.4) is 0 Å². The summed E-state index contributed by atoms with van der Waals surface area (Å²) in [5, 5.41) is 11.9. The first-order valence-corrected chi connectivity index (χ1v) is 5.73. The largest absolute Gasteiger partial charge is 0.480 e. The van der Waals surface area contributed by atoms with Gasteiger partial charge in [0.15, 0.2) is 0 Å². The molecule has 0 spiro atoms. The van der Waals surface area contributed by atoms with Crippen LogP contribution in [0.2, 0.25) is 0 Å². The van der Waals surface area contributed by atoms with E-state index in [9.17, 15) is 4.79 Å². The summed E-state index contributed by atoms with van der Waals surface area (Å²) >= 11 is 0. The van der Waals surface area contributed by atoms with Crippen LogP contribution < -0.4 is 11.1 Å². The molecule has 0 aliphatic carbocycles. The summed E-state index contributed by atoms with van der Waals surface area (Å²) < 4.78 is 0. The zero-order chi connectivity index (χ0) is 11.7. The smallest absolute Gasteiger partial charge is 0.320 e. The highest BCUT2D eigenvalue weighted by molar-refractivity contribution is 5.72. The van der Waals surface area contributed by atoms with Gasteiger partial charge in [-0.15, -0.1) is 0 Å². The Hall–Kier alpha value is -0.610. The van der Waals surface area contributed by atoms with E-state index in [-0.39, 0.29) is 0 Å². The molecule has 0 amide bonds. The van der Waals surface area contributed by atoms with E-state index < -0.39 is 12.0 Å². The Labute approximate surface area is 92.2 Å². The summed E-state index contributed by atoms with van der Waals surface area (Å²) in [6.07, 6.45) is 3.64. The molecule has 0 aromatic carbocycles. The molecule has 0 saturated heterocycles. The van der Waals surface area contributed by atoms with Crippen molar-refractivity contribution in [3.63, 3.8) is 0 Å². The zero-order valence-corrected chi connectivity index (χ0v) is 9.83. The van der Waals surface area contributed by atoms with Crippen LogP contribution in [-0.4, -0.2) is 30.2 Å². The van der Waals surface area contributed by atoms with E-state index in [0.29, 0.717) is 6.42 Å². The van der Waals surface area contributed by atoms with Gasteiger partial charge in [-0.1, -0.05) is 20.3 Å². The zero-order valence-electron chi connectivity index (χ0n) is 9.83. The van der Waals surface area contributed by atoms with Crippen molar-refractivity contribution in [1.82, 2.24) is 5.32 Å². The topological polar surface area (TPSA) is 75.3 Å². The molecule has 0 aromatic rings. The Morgan fingerprint density at radius 3 is 2.47 bits per heavy atom. The lowest BCUT2D eigenvalue weighted by molar-refractivity contribution is -0.138. The van der Waals surface area contributed by atoms with Crippen molar-refractivity contribution in [1.29, 1.82) is 0 Å². The summed E-state index contributed by atoms with van der Waals surface area (Å²) in [7, 11) is 0. The number of nitrogens with two attached hydrogens (primary N) is 1. The molecule has 0 fully saturated rings. The number of unbranched alkanes of at least 4 members (excludes halogenated alkanes) is 1. The van der Waals surface area contributed by atoms with E-state index in [2.05, 4.69) is 19.2 Å². The Bertz CT molecular complexity index is 172. The Morgan fingerprint density at radius 2 is 1.93 bits per heavy atom. The SMILES string of the molecule is CC(C)CCNCCCC[C@@H](N)C(=O)O. The molecule has 0 bridgehead atoms. The molecular weight excluding hydrogens is 192 g/mol. The molecule has 15 heavy (non-hydrogen) atoms. The fourth-order valence-electron chi connectivity index (χ4n) is 1.25. The second-order valence-corrected chi connectivity index (χ2v) is 4.37. The molecule has 0 aliphatic rings. The number of carbonyl (C=O) groups is 1. The van der Waals surface area contributed by atoms with Gasteiger partial charge in [-0.25, -0.2) is 0 Å². The monoisotopic (exact) mass is 216 g/mol. The molecule has 4 N–H and O–H groups in total. The Balaban J connectivity index is 3.15. The lowest BCUT2D eigenvalue weighted by Gasteiger charge is -2.08. The van der Waals surface area contributed by atoms with Crippen molar-refractivity contribution in [2.24, 2.45) is 11.7 Å². The molecule has 0 unspecified atom stereocenters. The van der Waals surface area contributed by atoms with Crippen LogP contribution in [0, 0.1) is 5.92 Å². The second kappa shape index (κ2) is 8.68. The maximum absolute atomic E-state index is 10.4. The molecule has 4 heteroatoms. The van der Waals surface area contributed by atoms with Crippen LogP contribution in [0.5, 0.6) is 0 Å². The van der Waals surface area contributed by atoms with E-state index in [1.54, 1.807) is 0 Å². The average molecular weight is 216 g/mol. The number of carboxylic acids is 1. The van der Waals surface area contributed by atoms with E-state index in [1.165, 1.54) is 6.42 Å². The first-order valence-electron chi connectivity index (χ1n) is 5.73. The van der Waals surface area contributed by atoms with Crippen molar-refractivity contribution >= 4 is 5.97 Å². The molecule has 4 nitrogen and oxygen atoms in total. The lowest BCUT2D eigenvalue weighted by Crippen LogP contribution is -2.30. The highest BCUT2D eigenvalue weighted by Gasteiger charge is 2.09. The minimum absolute atomic E-state index is 0.571. The van der Waals surface area contributed by atoms with Gasteiger partial charge in [0.05, 0.1) is 0 Å². The number of nitrogens with one attached hydrogen (secondary N) is 1. The van der Waals surface area contributed by atoms with Crippen molar-refractivity contribution in [2.45, 2.75) is 45.6 Å². The van der Waals surface area contributed by atoms with Crippen LogP contribution in [0.4, 0.5) is 0 Å². The van der Waals surface area contributed by atoms with Crippen LogP contribution >= 0.6 is 0 Å². The number of hydrogen-bond donors (Lipinski definition) is 3. The quantitative estimate of drug-likeness (QED) is 0.506. The van der Waals surface area contributed by atoms with E-state index in [4.69, 9.17) is 10.8 Å². The number of carboxylic acid groups (broad SMARTS) is 1. The third kappa shape index (κ3) is 9.69. The Kier molecular flexibility index (Phi) is 8.33. The third-order valence-corrected chi connectivity index (χ3v) is 2.33. The average Bonchev–Trinajstić information content (AvgIpc) is 2.15. The number of rotatable bonds is 9. The summed E-state index contributed by atoms with van der Waals surface area (Å²) in [5.74, 6) is -0.166. The van der Waals surface area contributed by atoms with Gasteiger partial charge in [-0.2, -0.15) is 0 Å². The van der Waals surface area contributed by atoms with Crippen LogP contribution in [0.15, 0.2) is 0 Å². The van der Waals surface area contributed by atoms with E-state index in [0.717, 1.165) is 31.8 Å². The van der Waals surface area contributed by atoms with Gasteiger partial charge in [-0.05, 0) is 38.3 Å². The van der Waals surface area contributed by atoms with Crippen LogP contribution in [0.1, 0.15) is 39.5 Å². The van der Waals surface area contributed by atoms with Gasteiger partial charge < -0.3 is 16.2 Å². The van der Waals surface area contributed by atoms with Crippen molar-refractivity contribution < 1.29 is 9.90 Å². The summed E-state index contributed by atoms with van der Waals surface area (Å²) in [4.78, 5) is 10.4. The lowest BCUT2D eigenvalue weighted by atomic mass is 10.1. The fraction of sp³-hybridized carbons (Fsp3) is 0.909. The highest BCUT2D eigenvalue weighted by atomic mass is 16.4. The normalized spacial score (nSPS) is 13.1. The molecule has 0 saturated carbocycles. The molecule has 0 radical (unpaired) electrons. The molecule has 1 atom stereocenters. The molecule has 0 heterocycles. The highest BCUT2D eigenvalue weighted by Crippen LogP contribution is 1.99. The first-order chi connectivity index (χ1) is 7.04. The second-order valence-electron chi connectivity index (χ2n) is 4.37. The molecule has 0 rings (SSSR count). The predicted octanol–water partition coefficient (Wildman–Crippen LogP) is 1.20. The maximum Gasteiger partial charge on any atom is 0.320 e. The first kappa shape index (κ1) is 14.4. The third-order valence-electron chi connectivity index (χ3n) is 2.33. The van der Waals surface area contributed by atoms with Crippen LogP contribution in [-0.2, 0) is 4.79 Å². The van der Waals surface area contributed by atoms with Gasteiger partial charge in [0, 0.05) is 0 Å². The summed E-state index contributed by atoms with van der Waals surface area (Å²) in [6.45, 7) is 6.41. The van der Waals surface area contributed by atoms with Gasteiger partial charge in [0.25, 0.3) is 0 Å². The van der Waals surface area contributed by atoms with Gasteiger partial charge >= 0.3 is 5.97 Å². The van der Waals surface area contributed by atoms with Crippen LogP contribution in [0.25, 0.3) is 0 Å². The van der Waals surface area contributed by atoms with Gasteiger partial charge in [0.1, 0.15) is 6.04 Å². The number of hydrogen-bond acceptors (Lipinski definition) is 3. The standard InChI is InChI=1S/C11H24N2O2/c1-9(2)6-8-13-7-4-3-5-10(12)11(14)15/h9-10,13H,3-8,12H2,1-2H3,(H,14,15)/t10-/m1/s1. The molecule has 0 aromatic heterocycles. The number of aliphatic carboxylic acids is 1. The van der Waals surface area contributed by atoms with Gasteiger partial charge in [-0.3, -0.25) is 4.79 Å². The summed E-state index contributed by atoms with van der Waals surface area (Å²) in [6, 6.07) is -0.694. The summed E-state index contributed by atoms with van der Waals surface area (Å²) in [5.41, 5.74) is 5.38. The Morgan fingerprint density at radius 1 is 1.27 bits per heavy atom. The minimum Gasteiger partial charge on any atom is -0.480 e. The van der Waals surface area contributed by atoms with E-state index in [1.807, 2.05) is 0 Å². The maximum atomic E-state index is 10.4. The van der Waals surface area contributed by atoms with Crippen molar-refractivity contribution in [3.8, 4) is 0 Å². The van der Waals surface area contributed by atoms with Crippen molar-refractivity contribution in [2.75, 3.05) is 13.1 Å². The molecule has 90 valence electrons. The minimum atomic E-state index is -0.900. The fourth-order valence-corrected chi connectivity index (χ4v) is 1.25.